The molecular weight excluding hydrogens is 415 g/mol. The number of rotatable bonds is 8. The largest absolute Gasteiger partial charge is 0.453 e. The molecule has 0 aliphatic carbocycles. The Morgan fingerprint density at radius 1 is 1.21 bits per heavy atom. The normalized spacial score (nSPS) is 11.1. The van der Waals surface area contributed by atoms with Crippen LogP contribution in [-0.4, -0.2) is 26.9 Å². The third-order valence-corrected chi connectivity index (χ3v) is 5.32. The summed E-state index contributed by atoms with van der Waals surface area (Å²) in [4.78, 5) is 20.2. The minimum atomic E-state index is -0.663. The summed E-state index contributed by atoms with van der Waals surface area (Å²) in [5.74, 6) is 0.462. The van der Waals surface area contributed by atoms with Crippen molar-refractivity contribution in [2.45, 2.75) is 6.73 Å². The van der Waals surface area contributed by atoms with Crippen molar-refractivity contribution in [1.82, 2.24) is 14.5 Å². The van der Waals surface area contributed by atoms with Crippen LogP contribution in [0.3, 0.4) is 0 Å². The molecule has 0 aliphatic rings. The highest BCUT2D eigenvalue weighted by molar-refractivity contribution is 7.80. The summed E-state index contributed by atoms with van der Waals surface area (Å²) in [6, 6.07) is 7.37. The van der Waals surface area contributed by atoms with Crippen LogP contribution in [0.2, 0.25) is 0 Å². The highest BCUT2D eigenvalue weighted by Gasteiger charge is 2.14. The van der Waals surface area contributed by atoms with Crippen molar-refractivity contribution in [1.29, 1.82) is 0 Å². The van der Waals surface area contributed by atoms with Gasteiger partial charge in [0.2, 0.25) is 0 Å². The van der Waals surface area contributed by atoms with Gasteiger partial charge < -0.3 is 14.0 Å². The van der Waals surface area contributed by atoms with Crippen molar-refractivity contribution in [2.24, 2.45) is 5.18 Å². The Morgan fingerprint density at radius 2 is 2.10 bits per heavy atom. The Hall–Kier alpha value is -2.82. The van der Waals surface area contributed by atoms with Crippen LogP contribution in [0.5, 0.6) is 11.5 Å². The first-order chi connectivity index (χ1) is 14.2. The standard InChI is InChI=1S/C19H15FN4O3S2/c20-13-7-12(23-25)1-2-16(13)27-17-3-4-21-14-8-18(29-19(14)17)15-9-24(10-22-15)11-26-5-6-28/h1-4,7-10,28H,5-6,11H2. The Balaban J connectivity index is 1.61. The van der Waals surface area contributed by atoms with Crippen LogP contribution in [0.1, 0.15) is 0 Å². The first-order valence-corrected chi connectivity index (χ1v) is 10.0. The van der Waals surface area contributed by atoms with Gasteiger partial charge in [0, 0.05) is 30.3 Å². The highest BCUT2D eigenvalue weighted by atomic mass is 32.1. The second kappa shape index (κ2) is 8.68. The zero-order chi connectivity index (χ0) is 20.2. The van der Waals surface area contributed by atoms with Gasteiger partial charge in [0.1, 0.15) is 18.2 Å². The quantitative estimate of drug-likeness (QED) is 0.230. The van der Waals surface area contributed by atoms with Crippen LogP contribution < -0.4 is 4.74 Å². The maximum atomic E-state index is 14.2. The minimum Gasteiger partial charge on any atom is -0.453 e. The molecule has 0 amide bonds. The van der Waals surface area contributed by atoms with Gasteiger partial charge in [0.25, 0.3) is 0 Å². The summed E-state index contributed by atoms with van der Waals surface area (Å²) in [5.41, 5.74) is 1.50. The maximum absolute atomic E-state index is 14.2. The zero-order valence-electron chi connectivity index (χ0n) is 15.0. The fourth-order valence-corrected chi connectivity index (χ4v) is 3.82. The van der Waals surface area contributed by atoms with E-state index in [1.54, 1.807) is 18.6 Å². The summed E-state index contributed by atoms with van der Waals surface area (Å²) in [6.45, 7) is 0.959. The number of benzene rings is 1. The van der Waals surface area contributed by atoms with Crippen molar-refractivity contribution < 1.29 is 13.9 Å². The van der Waals surface area contributed by atoms with Crippen molar-refractivity contribution in [3.8, 4) is 22.1 Å². The molecule has 0 atom stereocenters. The van der Waals surface area contributed by atoms with E-state index in [2.05, 4.69) is 27.8 Å². The third kappa shape index (κ3) is 4.29. The van der Waals surface area contributed by atoms with E-state index < -0.39 is 5.82 Å². The number of thiol groups is 1. The van der Waals surface area contributed by atoms with Crippen molar-refractivity contribution in [3.63, 3.8) is 0 Å². The number of hydrogen-bond donors (Lipinski definition) is 1. The van der Waals surface area contributed by atoms with Crippen molar-refractivity contribution >= 4 is 39.9 Å². The first-order valence-electron chi connectivity index (χ1n) is 8.58. The van der Waals surface area contributed by atoms with E-state index in [1.807, 2.05) is 16.8 Å². The number of halogens is 1. The molecular formula is C19H15FN4O3S2. The minimum absolute atomic E-state index is 0.00192. The van der Waals surface area contributed by atoms with Gasteiger partial charge in [-0.15, -0.1) is 16.2 Å². The number of pyridine rings is 1. The van der Waals surface area contributed by atoms with E-state index in [0.29, 0.717) is 24.8 Å². The van der Waals surface area contributed by atoms with Gasteiger partial charge in [-0.05, 0) is 23.4 Å². The smallest absolute Gasteiger partial charge is 0.167 e. The lowest BCUT2D eigenvalue weighted by Gasteiger charge is -2.07. The van der Waals surface area contributed by atoms with E-state index in [0.717, 1.165) is 26.9 Å². The van der Waals surface area contributed by atoms with Crippen LogP contribution in [0.4, 0.5) is 10.1 Å². The van der Waals surface area contributed by atoms with Gasteiger partial charge in [-0.3, -0.25) is 4.98 Å². The van der Waals surface area contributed by atoms with E-state index in [9.17, 15) is 9.30 Å². The van der Waals surface area contributed by atoms with E-state index in [1.165, 1.54) is 23.5 Å². The summed E-state index contributed by atoms with van der Waals surface area (Å²) >= 11 is 5.55. The number of imidazole rings is 1. The van der Waals surface area contributed by atoms with E-state index >= 15 is 0 Å². The Kier molecular flexibility index (Phi) is 5.84. The summed E-state index contributed by atoms with van der Waals surface area (Å²) < 4.78 is 27.9. The number of hydrogen-bond acceptors (Lipinski definition) is 8. The number of aromatic nitrogens is 3. The predicted molar refractivity (Wildman–Crippen MR) is 113 cm³/mol. The number of fused-ring (bicyclic) bond motifs is 1. The maximum Gasteiger partial charge on any atom is 0.167 e. The van der Waals surface area contributed by atoms with Gasteiger partial charge in [-0.2, -0.15) is 12.6 Å². The van der Waals surface area contributed by atoms with Gasteiger partial charge in [-0.1, -0.05) is 0 Å². The van der Waals surface area contributed by atoms with Gasteiger partial charge in [-0.25, -0.2) is 9.37 Å². The molecule has 0 saturated carbocycles. The van der Waals surface area contributed by atoms with Crippen LogP contribution in [0, 0.1) is 10.7 Å². The van der Waals surface area contributed by atoms with Crippen LogP contribution in [0.25, 0.3) is 20.8 Å². The topological polar surface area (TPSA) is 78.6 Å². The van der Waals surface area contributed by atoms with Crippen LogP contribution >= 0.6 is 24.0 Å². The molecule has 1 aromatic carbocycles. The van der Waals surface area contributed by atoms with Gasteiger partial charge >= 0.3 is 0 Å². The fraction of sp³-hybridized carbons (Fsp3) is 0.158. The van der Waals surface area contributed by atoms with Crippen molar-refractivity contribution in [2.75, 3.05) is 12.4 Å². The molecule has 10 heteroatoms. The molecule has 0 radical (unpaired) electrons. The lowest BCUT2D eigenvalue weighted by molar-refractivity contribution is 0.0900. The number of nitrogens with zero attached hydrogens (tertiary/aromatic N) is 4. The Morgan fingerprint density at radius 3 is 2.90 bits per heavy atom. The molecule has 4 aromatic rings. The molecule has 3 aromatic heterocycles. The number of ether oxygens (including phenoxy) is 2. The average molecular weight is 430 g/mol. The molecule has 0 aliphatic heterocycles. The fourth-order valence-electron chi connectivity index (χ4n) is 2.66. The average Bonchev–Trinajstić information content (AvgIpc) is 3.37. The second-order valence-corrected chi connectivity index (χ2v) is 7.48. The monoisotopic (exact) mass is 430 g/mol. The lowest BCUT2D eigenvalue weighted by Crippen LogP contribution is -2.01. The zero-order valence-corrected chi connectivity index (χ0v) is 16.7. The van der Waals surface area contributed by atoms with E-state index in [-0.39, 0.29) is 11.4 Å². The molecule has 29 heavy (non-hydrogen) atoms. The molecule has 7 nitrogen and oxygen atoms in total. The summed E-state index contributed by atoms with van der Waals surface area (Å²) in [7, 11) is 0. The highest BCUT2D eigenvalue weighted by Crippen LogP contribution is 2.39. The summed E-state index contributed by atoms with van der Waals surface area (Å²) in [6.07, 6.45) is 5.17. The number of nitroso groups, excluding NO2 is 1. The molecule has 148 valence electrons. The SMILES string of the molecule is O=Nc1ccc(Oc2ccnc3cc(-c4cn(COCCS)cn4)sc23)c(F)c1. The van der Waals surface area contributed by atoms with Gasteiger partial charge in [0.15, 0.2) is 11.6 Å². The molecule has 0 bridgehead atoms. The Labute approximate surface area is 174 Å². The molecule has 0 spiro atoms. The van der Waals surface area contributed by atoms with Crippen molar-refractivity contribution in [3.05, 3.63) is 59.8 Å². The molecule has 4 rings (SSSR count). The van der Waals surface area contributed by atoms with Crippen LogP contribution in [-0.2, 0) is 11.5 Å². The Bertz CT molecular complexity index is 1160. The second-order valence-electron chi connectivity index (χ2n) is 5.98. The third-order valence-electron chi connectivity index (χ3n) is 3.98. The summed E-state index contributed by atoms with van der Waals surface area (Å²) in [5, 5.41) is 2.72. The molecule has 0 fully saturated rings. The number of thiophene rings is 1. The molecule has 3 heterocycles. The first kappa shape index (κ1) is 19.5. The molecule has 0 saturated heterocycles. The predicted octanol–water partition coefficient (Wildman–Crippen LogP) is 5.39. The van der Waals surface area contributed by atoms with Crippen LogP contribution in [0.15, 0.2) is 54.2 Å². The van der Waals surface area contributed by atoms with Gasteiger partial charge in [0.05, 0.1) is 33.7 Å². The molecule has 0 N–H and O–H groups in total. The van der Waals surface area contributed by atoms with E-state index in [4.69, 9.17) is 9.47 Å². The molecule has 0 unspecified atom stereocenters. The lowest BCUT2D eigenvalue weighted by atomic mass is 10.3.